The fourth-order valence-corrected chi connectivity index (χ4v) is 4.55. The van der Waals surface area contributed by atoms with Crippen LogP contribution >= 0.6 is 15.9 Å². The number of nitrogens with zero attached hydrogens (tertiary/aromatic N) is 1. The lowest BCUT2D eigenvalue weighted by molar-refractivity contribution is -0.114. The molecule has 1 N–H and O–H groups in total. The Morgan fingerprint density at radius 3 is 2.36 bits per heavy atom. The molecule has 1 amide bonds. The molecule has 0 saturated carbocycles. The van der Waals surface area contributed by atoms with Crippen LogP contribution in [-0.4, -0.2) is 20.9 Å². The van der Waals surface area contributed by atoms with Crippen LogP contribution in [0.15, 0.2) is 88.2 Å². The first-order valence-electron chi connectivity index (χ1n) is 8.56. The van der Waals surface area contributed by atoms with Gasteiger partial charge in [0.1, 0.15) is 6.54 Å². The number of halogens is 1. The van der Waals surface area contributed by atoms with Crippen LogP contribution in [-0.2, 0) is 14.8 Å². The lowest BCUT2D eigenvalue weighted by atomic mass is 10.2. The highest BCUT2D eigenvalue weighted by Gasteiger charge is 2.27. The molecule has 0 spiro atoms. The zero-order valence-electron chi connectivity index (χ0n) is 15.2. The predicted octanol–water partition coefficient (Wildman–Crippen LogP) is 4.59. The molecule has 0 fully saturated rings. The molecule has 144 valence electrons. The lowest BCUT2D eigenvalue weighted by Crippen LogP contribution is -2.38. The number of sulfonamides is 1. The second-order valence-electron chi connectivity index (χ2n) is 6.22. The van der Waals surface area contributed by atoms with Gasteiger partial charge in [-0.2, -0.15) is 0 Å². The number of benzene rings is 3. The highest BCUT2D eigenvalue weighted by atomic mass is 79.9. The van der Waals surface area contributed by atoms with Gasteiger partial charge in [-0.25, -0.2) is 8.42 Å². The minimum Gasteiger partial charge on any atom is -0.324 e. The summed E-state index contributed by atoms with van der Waals surface area (Å²) in [5, 5.41) is 2.75. The van der Waals surface area contributed by atoms with Gasteiger partial charge in [-0.05, 0) is 55.0 Å². The Morgan fingerprint density at radius 2 is 1.68 bits per heavy atom. The van der Waals surface area contributed by atoms with Gasteiger partial charge in [-0.1, -0.05) is 52.3 Å². The number of anilines is 2. The molecular formula is C21H19BrN2O3S. The molecule has 3 aromatic rings. The van der Waals surface area contributed by atoms with E-state index in [-0.39, 0.29) is 11.4 Å². The van der Waals surface area contributed by atoms with Crippen molar-refractivity contribution in [2.45, 2.75) is 11.8 Å². The van der Waals surface area contributed by atoms with Gasteiger partial charge in [0.2, 0.25) is 5.91 Å². The zero-order chi connectivity index (χ0) is 20.1. The molecule has 0 heterocycles. The molecule has 0 atom stereocenters. The topological polar surface area (TPSA) is 66.5 Å². The van der Waals surface area contributed by atoms with Gasteiger partial charge >= 0.3 is 0 Å². The van der Waals surface area contributed by atoms with Crippen molar-refractivity contribution in [2.24, 2.45) is 0 Å². The van der Waals surface area contributed by atoms with E-state index in [2.05, 4.69) is 21.2 Å². The summed E-state index contributed by atoms with van der Waals surface area (Å²) in [7, 11) is -3.90. The van der Waals surface area contributed by atoms with Crippen LogP contribution in [0.5, 0.6) is 0 Å². The van der Waals surface area contributed by atoms with Gasteiger partial charge in [0.05, 0.1) is 10.6 Å². The maximum absolute atomic E-state index is 13.2. The molecular weight excluding hydrogens is 440 g/mol. The van der Waals surface area contributed by atoms with Crippen LogP contribution < -0.4 is 9.62 Å². The van der Waals surface area contributed by atoms with E-state index >= 15 is 0 Å². The zero-order valence-corrected chi connectivity index (χ0v) is 17.6. The minimum atomic E-state index is -3.90. The van der Waals surface area contributed by atoms with Crippen molar-refractivity contribution in [3.8, 4) is 0 Å². The number of rotatable bonds is 6. The van der Waals surface area contributed by atoms with Gasteiger partial charge in [0.15, 0.2) is 0 Å². The maximum Gasteiger partial charge on any atom is 0.264 e. The van der Waals surface area contributed by atoms with E-state index < -0.39 is 15.9 Å². The van der Waals surface area contributed by atoms with Gasteiger partial charge in [-0.3, -0.25) is 9.10 Å². The quantitative estimate of drug-likeness (QED) is 0.587. The largest absolute Gasteiger partial charge is 0.324 e. The van der Waals surface area contributed by atoms with Crippen LogP contribution in [0, 0.1) is 6.92 Å². The van der Waals surface area contributed by atoms with E-state index in [0.29, 0.717) is 11.4 Å². The number of hydrogen-bond acceptors (Lipinski definition) is 3. The minimum absolute atomic E-state index is 0.131. The third-order valence-electron chi connectivity index (χ3n) is 4.02. The highest BCUT2D eigenvalue weighted by Crippen LogP contribution is 2.24. The number of aryl methyl sites for hydroxylation is 1. The van der Waals surface area contributed by atoms with Gasteiger partial charge < -0.3 is 5.32 Å². The molecule has 0 radical (unpaired) electrons. The normalized spacial score (nSPS) is 11.1. The van der Waals surface area contributed by atoms with E-state index in [0.717, 1.165) is 14.3 Å². The number of amides is 1. The van der Waals surface area contributed by atoms with Crippen molar-refractivity contribution in [1.82, 2.24) is 0 Å². The second kappa shape index (κ2) is 8.58. The van der Waals surface area contributed by atoms with Crippen molar-refractivity contribution < 1.29 is 13.2 Å². The van der Waals surface area contributed by atoms with Crippen LogP contribution in [0.4, 0.5) is 11.4 Å². The van der Waals surface area contributed by atoms with Crippen molar-refractivity contribution in [2.75, 3.05) is 16.2 Å². The third kappa shape index (κ3) is 4.79. The van der Waals surface area contributed by atoms with Crippen LogP contribution in [0.3, 0.4) is 0 Å². The third-order valence-corrected chi connectivity index (χ3v) is 6.30. The highest BCUT2D eigenvalue weighted by molar-refractivity contribution is 9.10. The smallest absolute Gasteiger partial charge is 0.264 e. The summed E-state index contributed by atoms with van der Waals surface area (Å²) in [6.07, 6.45) is 0. The summed E-state index contributed by atoms with van der Waals surface area (Å²) >= 11 is 3.35. The first-order valence-corrected chi connectivity index (χ1v) is 10.8. The Bertz CT molecular complexity index is 1090. The van der Waals surface area contributed by atoms with E-state index in [4.69, 9.17) is 0 Å². The first kappa shape index (κ1) is 20.1. The lowest BCUT2D eigenvalue weighted by Gasteiger charge is -2.24. The van der Waals surface area contributed by atoms with Crippen LogP contribution in [0.25, 0.3) is 0 Å². The van der Waals surface area contributed by atoms with Gasteiger partial charge in [0, 0.05) is 10.2 Å². The fourth-order valence-electron chi connectivity index (χ4n) is 2.72. The first-order chi connectivity index (χ1) is 13.4. The van der Waals surface area contributed by atoms with E-state index in [9.17, 15) is 13.2 Å². The molecule has 0 aliphatic heterocycles. The number of hydrogen-bond donors (Lipinski definition) is 1. The molecule has 0 aliphatic rings. The molecule has 3 rings (SSSR count). The molecule has 0 aliphatic carbocycles. The van der Waals surface area contributed by atoms with Crippen molar-refractivity contribution >= 4 is 43.2 Å². The Morgan fingerprint density at radius 1 is 0.964 bits per heavy atom. The standard InChI is InChI=1S/C21H19BrN2O3S/c1-16-7-5-10-19(13-16)24(28(26,27)20-11-3-2-4-12-20)15-21(25)23-18-9-6-8-17(22)14-18/h2-14H,15H2,1H3,(H,23,25). The Hall–Kier alpha value is -2.64. The second-order valence-corrected chi connectivity index (χ2v) is 9.00. The average molecular weight is 459 g/mol. The maximum atomic E-state index is 13.2. The summed E-state index contributed by atoms with van der Waals surface area (Å²) in [6, 6.07) is 22.3. The van der Waals surface area contributed by atoms with Crippen LogP contribution in [0.1, 0.15) is 5.56 Å². The van der Waals surface area contributed by atoms with E-state index in [1.807, 2.05) is 19.1 Å². The fraction of sp³-hybridized carbons (Fsp3) is 0.0952. The molecule has 3 aromatic carbocycles. The Balaban J connectivity index is 1.94. The molecule has 5 nitrogen and oxygen atoms in total. The van der Waals surface area contributed by atoms with Crippen molar-refractivity contribution in [1.29, 1.82) is 0 Å². The van der Waals surface area contributed by atoms with Gasteiger partial charge in [0.25, 0.3) is 10.0 Å². The molecule has 0 saturated heterocycles. The molecule has 0 unspecified atom stereocenters. The Labute approximate surface area is 173 Å². The SMILES string of the molecule is Cc1cccc(N(CC(=O)Nc2cccc(Br)c2)S(=O)(=O)c2ccccc2)c1. The van der Waals surface area contributed by atoms with E-state index in [1.165, 1.54) is 12.1 Å². The predicted molar refractivity (Wildman–Crippen MR) is 115 cm³/mol. The van der Waals surface area contributed by atoms with E-state index in [1.54, 1.807) is 54.6 Å². The van der Waals surface area contributed by atoms with Crippen molar-refractivity contribution in [3.63, 3.8) is 0 Å². The number of nitrogens with one attached hydrogen (secondary N) is 1. The van der Waals surface area contributed by atoms with Crippen molar-refractivity contribution in [3.05, 3.63) is 88.9 Å². The summed E-state index contributed by atoms with van der Waals surface area (Å²) in [5.74, 6) is -0.431. The van der Waals surface area contributed by atoms with Gasteiger partial charge in [-0.15, -0.1) is 0 Å². The molecule has 28 heavy (non-hydrogen) atoms. The summed E-state index contributed by atoms with van der Waals surface area (Å²) in [4.78, 5) is 12.8. The average Bonchev–Trinajstić information content (AvgIpc) is 2.67. The Kier molecular flexibility index (Phi) is 6.16. The van der Waals surface area contributed by atoms with Crippen LogP contribution in [0.2, 0.25) is 0 Å². The molecule has 0 bridgehead atoms. The summed E-state index contributed by atoms with van der Waals surface area (Å²) < 4.78 is 28.4. The number of carbonyl (C=O) groups excluding carboxylic acids is 1. The summed E-state index contributed by atoms with van der Waals surface area (Å²) in [5.41, 5.74) is 1.92. The molecule has 0 aromatic heterocycles. The summed E-state index contributed by atoms with van der Waals surface area (Å²) in [6.45, 7) is 1.53. The monoisotopic (exact) mass is 458 g/mol. The number of carbonyl (C=O) groups is 1. The molecule has 7 heteroatoms.